The Hall–Kier alpha value is -1.81. The van der Waals surface area contributed by atoms with Crippen LogP contribution < -0.4 is 5.32 Å². The van der Waals surface area contributed by atoms with Crippen LogP contribution in [0.15, 0.2) is 36.4 Å². The van der Waals surface area contributed by atoms with Crippen molar-refractivity contribution in [1.29, 1.82) is 0 Å². The molecule has 0 aliphatic heterocycles. The zero-order valence-electron chi connectivity index (χ0n) is 10.7. The van der Waals surface area contributed by atoms with Gasteiger partial charge in [0, 0.05) is 11.6 Å². The van der Waals surface area contributed by atoms with E-state index >= 15 is 0 Å². The van der Waals surface area contributed by atoms with Crippen LogP contribution in [0.25, 0.3) is 0 Å². The highest BCUT2D eigenvalue weighted by molar-refractivity contribution is 5.35. The summed E-state index contributed by atoms with van der Waals surface area (Å²) in [6.07, 6.45) is 0. The van der Waals surface area contributed by atoms with E-state index in [-0.39, 0.29) is 0 Å². The van der Waals surface area contributed by atoms with E-state index in [1.807, 2.05) is 6.92 Å². The Kier molecular flexibility index (Phi) is 3.90. The quantitative estimate of drug-likeness (QED) is 0.891. The first-order valence-corrected chi connectivity index (χ1v) is 5.90. The van der Waals surface area contributed by atoms with Gasteiger partial charge in [0.15, 0.2) is 0 Å². The highest BCUT2D eigenvalue weighted by Crippen LogP contribution is 2.26. The van der Waals surface area contributed by atoms with Crippen LogP contribution in [0.2, 0.25) is 0 Å². The van der Waals surface area contributed by atoms with Crippen LogP contribution in [0.1, 0.15) is 22.7 Å². The molecule has 100 valence electrons. The van der Waals surface area contributed by atoms with Gasteiger partial charge in [0.25, 0.3) is 0 Å². The van der Waals surface area contributed by atoms with Crippen molar-refractivity contribution < 1.29 is 13.2 Å². The predicted molar refractivity (Wildman–Crippen MR) is 68.4 cm³/mol. The van der Waals surface area contributed by atoms with Gasteiger partial charge < -0.3 is 5.32 Å². The van der Waals surface area contributed by atoms with Crippen molar-refractivity contribution in [1.82, 2.24) is 5.32 Å². The summed E-state index contributed by atoms with van der Waals surface area (Å²) in [6, 6.07) is 7.27. The monoisotopic (exact) mass is 265 g/mol. The first-order valence-electron chi connectivity index (χ1n) is 5.90. The van der Waals surface area contributed by atoms with E-state index in [1.54, 1.807) is 19.2 Å². The third-order valence-corrected chi connectivity index (χ3v) is 2.97. The number of hydrogen-bond donors (Lipinski definition) is 1. The second kappa shape index (κ2) is 5.45. The number of halogens is 3. The van der Waals surface area contributed by atoms with Crippen LogP contribution in [-0.4, -0.2) is 7.05 Å². The zero-order valence-corrected chi connectivity index (χ0v) is 10.7. The summed E-state index contributed by atoms with van der Waals surface area (Å²) in [5.41, 5.74) is 1.60. The summed E-state index contributed by atoms with van der Waals surface area (Å²) in [6.45, 7) is 1.84. The standard InChI is InChI=1S/C15H14F3N/c1-9-3-4-14(18)13(5-9)15(19-2)10-6-11(16)8-12(17)7-10/h3-8,15,19H,1-2H3. The van der Waals surface area contributed by atoms with Crippen LogP contribution in [0, 0.1) is 24.4 Å². The third kappa shape index (κ3) is 2.96. The molecule has 0 saturated carbocycles. The van der Waals surface area contributed by atoms with E-state index in [2.05, 4.69) is 5.32 Å². The second-order valence-electron chi connectivity index (χ2n) is 4.45. The lowest BCUT2D eigenvalue weighted by atomic mass is 9.96. The van der Waals surface area contributed by atoms with Crippen molar-refractivity contribution in [2.45, 2.75) is 13.0 Å². The summed E-state index contributed by atoms with van der Waals surface area (Å²) < 4.78 is 40.4. The SMILES string of the molecule is CNC(c1cc(F)cc(F)c1)c1cc(C)ccc1F. The van der Waals surface area contributed by atoms with Crippen molar-refractivity contribution in [2.75, 3.05) is 7.05 Å². The van der Waals surface area contributed by atoms with Crippen molar-refractivity contribution in [3.8, 4) is 0 Å². The molecule has 0 amide bonds. The Bertz CT molecular complexity index is 576. The third-order valence-electron chi connectivity index (χ3n) is 2.97. The smallest absolute Gasteiger partial charge is 0.128 e. The van der Waals surface area contributed by atoms with E-state index in [9.17, 15) is 13.2 Å². The molecule has 1 nitrogen and oxygen atoms in total. The van der Waals surface area contributed by atoms with Gasteiger partial charge in [-0.2, -0.15) is 0 Å². The minimum atomic E-state index is -0.677. The lowest BCUT2D eigenvalue weighted by Crippen LogP contribution is -2.19. The predicted octanol–water partition coefficient (Wildman–Crippen LogP) is 3.72. The Labute approximate surface area is 110 Å². The first kappa shape index (κ1) is 13.6. The number of rotatable bonds is 3. The van der Waals surface area contributed by atoms with Gasteiger partial charge in [-0.25, -0.2) is 13.2 Å². The summed E-state index contributed by atoms with van der Waals surface area (Å²) in [7, 11) is 1.62. The fourth-order valence-corrected chi connectivity index (χ4v) is 2.13. The highest BCUT2D eigenvalue weighted by atomic mass is 19.1. The van der Waals surface area contributed by atoms with Crippen LogP contribution in [0.3, 0.4) is 0 Å². The molecule has 0 fully saturated rings. The highest BCUT2D eigenvalue weighted by Gasteiger charge is 2.17. The fraction of sp³-hybridized carbons (Fsp3) is 0.200. The number of benzene rings is 2. The molecule has 0 heterocycles. The molecule has 19 heavy (non-hydrogen) atoms. The average Bonchev–Trinajstić information content (AvgIpc) is 2.33. The van der Waals surface area contributed by atoms with E-state index in [4.69, 9.17) is 0 Å². The summed E-state index contributed by atoms with van der Waals surface area (Å²) >= 11 is 0. The largest absolute Gasteiger partial charge is 0.309 e. The molecule has 0 bridgehead atoms. The van der Waals surface area contributed by atoms with Crippen LogP contribution >= 0.6 is 0 Å². The molecule has 1 N–H and O–H groups in total. The molecular formula is C15H14F3N. The molecule has 2 aromatic rings. The van der Waals surface area contributed by atoms with E-state index in [1.165, 1.54) is 18.2 Å². The second-order valence-corrected chi connectivity index (χ2v) is 4.45. The molecular weight excluding hydrogens is 251 g/mol. The normalized spacial score (nSPS) is 12.5. The van der Waals surface area contributed by atoms with Crippen LogP contribution in [0.5, 0.6) is 0 Å². The Morgan fingerprint density at radius 1 is 0.947 bits per heavy atom. The number of aryl methyl sites for hydroxylation is 1. The topological polar surface area (TPSA) is 12.0 Å². The van der Waals surface area contributed by atoms with E-state index in [0.29, 0.717) is 11.1 Å². The van der Waals surface area contributed by atoms with Crippen LogP contribution in [0.4, 0.5) is 13.2 Å². The van der Waals surface area contributed by atoms with Gasteiger partial charge in [-0.15, -0.1) is 0 Å². The maximum atomic E-state index is 13.9. The molecule has 0 aromatic heterocycles. The lowest BCUT2D eigenvalue weighted by Gasteiger charge is -2.18. The molecule has 2 rings (SSSR count). The molecule has 0 spiro atoms. The van der Waals surface area contributed by atoms with E-state index in [0.717, 1.165) is 11.6 Å². The molecule has 0 saturated heterocycles. The molecule has 1 unspecified atom stereocenters. The van der Waals surface area contributed by atoms with Crippen molar-refractivity contribution in [3.63, 3.8) is 0 Å². The van der Waals surface area contributed by atoms with Gasteiger partial charge in [0.2, 0.25) is 0 Å². The minimum Gasteiger partial charge on any atom is -0.309 e. The molecule has 4 heteroatoms. The zero-order chi connectivity index (χ0) is 14.0. The first-order chi connectivity index (χ1) is 9.01. The number of hydrogen-bond acceptors (Lipinski definition) is 1. The average molecular weight is 265 g/mol. The number of nitrogens with one attached hydrogen (secondary N) is 1. The maximum absolute atomic E-state index is 13.9. The Balaban J connectivity index is 2.52. The molecule has 0 aliphatic carbocycles. The fourth-order valence-electron chi connectivity index (χ4n) is 2.13. The van der Waals surface area contributed by atoms with Gasteiger partial charge in [-0.1, -0.05) is 17.7 Å². The minimum absolute atomic E-state index is 0.351. The Morgan fingerprint density at radius 3 is 2.16 bits per heavy atom. The van der Waals surface area contributed by atoms with Gasteiger partial charge in [0.05, 0.1) is 6.04 Å². The van der Waals surface area contributed by atoms with Crippen LogP contribution in [-0.2, 0) is 0 Å². The van der Waals surface area contributed by atoms with Gasteiger partial charge in [0.1, 0.15) is 17.5 Å². The summed E-state index contributed by atoms with van der Waals surface area (Å²) in [5, 5.41) is 2.88. The lowest BCUT2D eigenvalue weighted by molar-refractivity contribution is 0.556. The van der Waals surface area contributed by atoms with Crippen molar-refractivity contribution >= 4 is 0 Å². The maximum Gasteiger partial charge on any atom is 0.128 e. The van der Waals surface area contributed by atoms with E-state index < -0.39 is 23.5 Å². The molecule has 0 aliphatic rings. The summed E-state index contributed by atoms with van der Waals surface area (Å²) in [5.74, 6) is -1.76. The Morgan fingerprint density at radius 2 is 1.58 bits per heavy atom. The molecule has 1 atom stereocenters. The molecule has 0 radical (unpaired) electrons. The molecule has 2 aromatic carbocycles. The summed E-state index contributed by atoms with van der Waals surface area (Å²) in [4.78, 5) is 0. The van der Waals surface area contributed by atoms with Gasteiger partial charge in [-0.3, -0.25) is 0 Å². The van der Waals surface area contributed by atoms with Crippen molar-refractivity contribution in [2.24, 2.45) is 0 Å². The van der Waals surface area contributed by atoms with Gasteiger partial charge in [-0.05, 0) is 37.7 Å². The van der Waals surface area contributed by atoms with Gasteiger partial charge >= 0.3 is 0 Å². The van der Waals surface area contributed by atoms with Crippen molar-refractivity contribution in [3.05, 3.63) is 70.5 Å².